The van der Waals surface area contributed by atoms with E-state index in [9.17, 15) is 19.2 Å². The van der Waals surface area contributed by atoms with Crippen LogP contribution in [-0.4, -0.2) is 24.1 Å². The van der Waals surface area contributed by atoms with Gasteiger partial charge >= 0.3 is 5.97 Å². The molecule has 1 heterocycles. The smallest absolute Gasteiger partial charge is 0.343 e. The molecule has 7 rings (SSSR count). The highest BCUT2D eigenvalue weighted by Gasteiger charge is 2.67. The third-order valence-corrected chi connectivity index (χ3v) is 7.23. The van der Waals surface area contributed by atoms with Gasteiger partial charge in [0, 0.05) is 5.56 Å². The average molecular weight is 413 g/mol. The molecule has 0 aromatic heterocycles. The fraction of sp³-hybridized carbons (Fsp3) is 0.280. The Labute approximate surface area is 178 Å². The molecule has 1 aliphatic heterocycles. The summed E-state index contributed by atoms with van der Waals surface area (Å²) in [4.78, 5) is 51.2. The summed E-state index contributed by atoms with van der Waals surface area (Å²) in [5, 5.41) is 0. The van der Waals surface area contributed by atoms with Crippen molar-refractivity contribution in [2.45, 2.75) is 6.42 Å². The molecule has 2 amide bonds. The first-order valence-corrected chi connectivity index (χ1v) is 10.5. The van der Waals surface area contributed by atoms with Gasteiger partial charge in [-0.25, -0.2) is 9.69 Å². The van der Waals surface area contributed by atoms with Crippen LogP contribution in [-0.2, 0) is 9.59 Å². The number of hydrogen-bond donors (Lipinski definition) is 0. The Kier molecular flexibility index (Phi) is 3.81. The van der Waals surface area contributed by atoms with Crippen LogP contribution in [0, 0.1) is 35.5 Å². The molecular weight excluding hydrogens is 394 g/mol. The first-order valence-electron chi connectivity index (χ1n) is 10.5. The normalized spacial score (nSPS) is 31.9. The molecule has 6 nitrogen and oxygen atoms in total. The highest BCUT2D eigenvalue weighted by molar-refractivity contribution is 6.23. The first-order chi connectivity index (χ1) is 15.1. The van der Waals surface area contributed by atoms with Crippen LogP contribution in [0.5, 0.6) is 5.75 Å². The van der Waals surface area contributed by atoms with Crippen molar-refractivity contribution in [2.75, 3.05) is 4.90 Å². The van der Waals surface area contributed by atoms with Gasteiger partial charge in [-0.15, -0.1) is 0 Å². The summed E-state index contributed by atoms with van der Waals surface area (Å²) in [6, 6.07) is 12.6. The van der Waals surface area contributed by atoms with E-state index in [0.29, 0.717) is 35.1 Å². The van der Waals surface area contributed by atoms with E-state index in [0.717, 1.165) is 6.42 Å². The van der Waals surface area contributed by atoms with Gasteiger partial charge in [0.05, 0.1) is 23.1 Å². The number of allylic oxidation sites excluding steroid dienone is 2. The summed E-state index contributed by atoms with van der Waals surface area (Å²) >= 11 is 0. The topological polar surface area (TPSA) is 80.8 Å². The fourth-order valence-corrected chi connectivity index (χ4v) is 5.76. The lowest BCUT2D eigenvalue weighted by atomic mass is 9.63. The third kappa shape index (κ3) is 2.64. The molecule has 6 atom stereocenters. The molecule has 154 valence electrons. The largest absolute Gasteiger partial charge is 0.423 e. The minimum atomic E-state index is -0.597. The first kappa shape index (κ1) is 18.2. The molecule has 6 heteroatoms. The van der Waals surface area contributed by atoms with Gasteiger partial charge in [0.15, 0.2) is 0 Å². The number of imide groups is 1. The van der Waals surface area contributed by atoms with Crippen molar-refractivity contribution in [2.24, 2.45) is 35.5 Å². The van der Waals surface area contributed by atoms with Gasteiger partial charge in [-0.1, -0.05) is 18.2 Å². The predicted octanol–water partition coefficient (Wildman–Crippen LogP) is 3.28. The number of hydrogen-bond acceptors (Lipinski definition) is 5. The molecule has 0 spiro atoms. The van der Waals surface area contributed by atoms with Crippen LogP contribution < -0.4 is 9.64 Å². The summed E-state index contributed by atoms with van der Waals surface area (Å²) in [6.45, 7) is 0. The zero-order valence-electron chi connectivity index (χ0n) is 16.5. The van der Waals surface area contributed by atoms with Gasteiger partial charge in [-0.3, -0.25) is 14.4 Å². The van der Waals surface area contributed by atoms with E-state index in [2.05, 4.69) is 12.2 Å². The van der Waals surface area contributed by atoms with Crippen molar-refractivity contribution in [3.05, 3.63) is 71.8 Å². The van der Waals surface area contributed by atoms with Crippen molar-refractivity contribution in [1.29, 1.82) is 0 Å². The number of benzene rings is 2. The average Bonchev–Trinajstić information content (AvgIpc) is 3.57. The Morgan fingerprint density at radius 2 is 1.58 bits per heavy atom. The molecule has 6 unspecified atom stereocenters. The molecular formula is C25H19NO5. The summed E-state index contributed by atoms with van der Waals surface area (Å²) in [5.74, 6) is 0.232. The molecule has 0 radical (unpaired) electrons. The third-order valence-electron chi connectivity index (χ3n) is 7.23. The Bertz CT molecular complexity index is 1130. The second kappa shape index (κ2) is 6.48. The second-order valence-electron chi connectivity index (χ2n) is 8.79. The lowest BCUT2D eigenvalue weighted by Crippen LogP contribution is -2.40. The number of aldehydes is 1. The Balaban J connectivity index is 1.26. The van der Waals surface area contributed by atoms with Crippen molar-refractivity contribution < 1.29 is 23.9 Å². The van der Waals surface area contributed by atoms with Crippen LogP contribution in [0.4, 0.5) is 5.69 Å². The zero-order valence-corrected chi connectivity index (χ0v) is 16.5. The Hall–Kier alpha value is -3.54. The van der Waals surface area contributed by atoms with Gasteiger partial charge in [0.1, 0.15) is 12.0 Å². The molecule has 1 saturated heterocycles. The van der Waals surface area contributed by atoms with Gasteiger partial charge in [0.2, 0.25) is 11.8 Å². The van der Waals surface area contributed by atoms with Crippen LogP contribution in [0.1, 0.15) is 27.1 Å². The molecule has 2 aromatic carbocycles. The van der Waals surface area contributed by atoms with Crippen molar-refractivity contribution in [3.8, 4) is 5.75 Å². The van der Waals surface area contributed by atoms with E-state index in [1.54, 1.807) is 30.3 Å². The van der Waals surface area contributed by atoms with E-state index >= 15 is 0 Å². The number of carbonyl (C=O) groups is 4. The number of amides is 2. The van der Waals surface area contributed by atoms with E-state index in [1.807, 2.05) is 0 Å². The van der Waals surface area contributed by atoms with E-state index in [-0.39, 0.29) is 41.0 Å². The SMILES string of the molecule is O=Cc1ccc(OC(=O)c2cccc(N3C(=O)C4C5C=CC(C6CC56)C4C3=O)c2)cc1. The minimum absolute atomic E-state index is 0.156. The Morgan fingerprint density at radius 3 is 2.19 bits per heavy atom. The lowest BCUT2D eigenvalue weighted by Gasteiger charge is -2.37. The lowest BCUT2D eigenvalue weighted by molar-refractivity contribution is -0.124. The minimum Gasteiger partial charge on any atom is -0.423 e. The number of esters is 1. The predicted molar refractivity (Wildman–Crippen MR) is 110 cm³/mol. The van der Waals surface area contributed by atoms with Crippen LogP contribution in [0.25, 0.3) is 0 Å². The van der Waals surface area contributed by atoms with E-state index in [4.69, 9.17) is 4.74 Å². The maximum Gasteiger partial charge on any atom is 0.343 e. The molecule has 5 aliphatic rings. The maximum atomic E-state index is 13.3. The van der Waals surface area contributed by atoms with Gasteiger partial charge in [0.25, 0.3) is 0 Å². The molecule has 4 aliphatic carbocycles. The summed E-state index contributed by atoms with van der Waals surface area (Å²) in [7, 11) is 0. The molecule has 0 N–H and O–H groups in total. The number of carbonyl (C=O) groups excluding carboxylic acids is 4. The van der Waals surface area contributed by atoms with Crippen LogP contribution in [0.15, 0.2) is 60.7 Å². The fourth-order valence-electron chi connectivity index (χ4n) is 5.76. The van der Waals surface area contributed by atoms with Crippen LogP contribution in [0.3, 0.4) is 0 Å². The van der Waals surface area contributed by atoms with Crippen molar-refractivity contribution in [3.63, 3.8) is 0 Å². The van der Waals surface area contributed by atoms with Gasteiger partial charge in [-0.2, -0.15) is 0 Å². The molecule has 2 aromatic rings. The van der Waals surface area contributed by atoms with E-state index < -0.39 is 5.97 Å². The standard InChI is InChI=1S/C25H19NO5/c27-12-13-4-6-16(7-5-13)31-25(30)14-2-1-3-15(10-14)26-23(28)21-17-8-9-18(20-11-19(17)20)22(21)24(26)29/h1-10,12,17-22H,11H2. The molecule has 31 heavy (non-hydrogen) atoms. The number of rotatable bonds is 4. The molecule has 2 bridgehead atoms. The maximum absolute atomic E-state index is 13.3. The monoisotopic (exact) mass is 413 g/mol. The van der Waals surface area contributed by atoms with Crippen LogP contribution >= 0.6 is 0 Å². The second-order valence-corrected chi connectivity index (χ2v) is 8.79. The summed E-state index contributed by atoms with van der Waals surface area (Å²) < 4.78 is 5.38. The van der Waals surface area contributed by atoms with Crippen molar-refractivity contribution in [1.82, 2.24) is 0 Å². The zero-order chi connectivity index (χ0) is 21.3. The number of ether oxygens (including phenoxy) is 1. The van der Waals surface area contributed by atoms with Gasteiger partial charge in [-0.05, 0) is 72.6 Å². The van der Waals surface area contributed by atoms with Crippen molar-refractivity contribution >= 4 is 29.8 Å². The molecule has 3 fully saturated rings. The van der Waals surface area contributed by atoms with Gasteiger partial charge < -0.3 is 4.74 Å². The highest BCUT2D eigenvalue weighted by atomic mass is 16.5. The number of nitrogens with zero attached hydrogens (tertiary/aromatic N) is 1. The number of anilines is 1. The summed E-state index contributed by atoms with van der Waals surface area (Å²) in [5.41, 5.74) is 1.13. The highest BCUT2D eigenvalue weighted by Crippen LogP contribution is 2.65. The quantitative estimate of drug-likeness (QED) is 0.253. The Morgan fingerprint density at radius 1 is 0.935 bits per heavy atom. The molecule has 2 saturated carbocycles. The summed E-state index contributed by atoms with van der Waals surface area (Å²) in [6.07, 6.45) is 6.10. The van der Waals surface area contributed by atoms with E-state index in [1.165, 1.54) is 23.1 Å². The van der Waals surface area contributed by atoms with Crippen LogP contribution in [0.2, 0.25) is 0 Å².